The molecule has 3 nitrogen and oxygen atoms in total. The summed E-state index contributed by atoms with van der Waals surface area (Å²) >= 11 is 1.70. The number of thioether (sulfide) groups is 1. The molecule has 2 rings (SSSR count). The van der Waals surface area contributed by atoms with Gasteiger partial charge in [-0.15, -0.1) is 0 Å². The first-order valence-corrected chi connectivity index (χ1v) is 7.34. The lowest BCUT2D eigenvalue weighted by Crippen LogP contribution is -2.30. The van der Waals surface area contributed by atoms with Crippen molar-refractivity contribution in [3.63, 3.8) is 0 Å². The molecule has 0 radical (unpaired) electrons. The standard InChI is InChI=1S/C13H21N3S/c1-9-7-10(2)16-13(15-9)17-8-12(14)11-5-3-4-6-11/h7,11-12H,3-6,8,14H2,1-2H3. The van der Waals surface area contributed by atoms with Gasteiger partial charge >= 0.3 is 0 Å². The molecule has 1 fully saturated rings. The Hall–Kier alpha value is -0.610. The summed E-state index contributed by atoms with van der Waals surface area (Å²) in [6, 6.07) is 2.30. The van der Waals surface area contributed by atoms with Gasteiger partial charge in [0.15, 0.2) is 5.16 Å². The highest BCUT2D eigenvalue weighted by Crippen LogP contribution is 2.29. The van der Waals surface area contributed by atoms with Crippen LogP contribution < -0.4 is 5.73 Å². The lowest BCUT2D eigenvalue weighted by Gasteiger charge is -2.17. The predicted octanol–water partition coefficient (Wildman–Crippen LogP) is 2.70. The van der Waals surface area contributed by atoms with Gasteiger partial charge in [-0.05, 0) is 38.7 Å². The Morgan fingerprint density at radius 1 is 1.29 bits per heavy atom. The van der Waals surface area contributed by atoms with E-state index in [9.17, 15) is 0 Å². The number of aryl methyl sites for hydroxylation is 2. The fourth-order valence-corrected chi connectivity index (χ4v) is 3.48. The number of hydrogen-bond donors (Lipinski definition) is 1. The van der Waals surface area contributed by atoms with Crippen molar-refractivity contribution in [1.29, 1.82) is 0 Å². The van der Waals surface area contributed by atoms with Crippen LogP contribution in [0.4, 0.5) is 0 Å². The topological polar surface area (TPSA) is 51.8 Å². The molecular weight excluding hydrogens is 230 g/mol. The summed E-state index contributed by atoms with van der Waals surface area (Å²) in [5.41, 5.74) is 8.30. The second-order valence-electron chi connectivity index (χ2n) is 4.95. The molecule has 0 spiro atoms. The van der Waals surface area contributed by atoms with E-state index in [4.69, 9.17) is 5.73 Å². The average Bonchev–Trinajstić information content (AvgIpc) is 2.78. The Labute approximate surface area is 108 Å². The minimum atomic E-state index is 0.298. The van der Waals surface area contributed by atoms with Gasteiger partial charge in [-0.3, -0.25) is 0 Å². The van der Waals surface area contributed by atoms with Gasteiger partial charge in [0, 0.05) is 23.2 Å². The van der Waals surface area contributed by atoms with Crippen LogP contribution in [-0.4, -0.2) is 21.8 Å². The smallest absolute Gasteiger partial charge is 0.188 e. The zero-order chi connectivity index (χ0) is 12.3. The van der Waals surface area contributed by atoms with Gasteiger partial charge in [-0.25, -0.2) is 9.97 Å². The van der Waals surface area contributed by atoms with Crippen molar-refractivity contribution >= 4 is 11.8 Å². The highest BCUT2D eigenvalue weighted by atomic mass is 32.2. The summed E-state index contributed by atoms with van der Waals surface area (Å²) in [6.07, 6.45) is 5.30. The van der Waals surface area contributed by atoms with Crippen LogP contribution in [0.5, 0.6) is 0 Å². The monoisotopic (exact) mass is 251 g/mol. The summed E-state index contributed by atoms with van der Waals surface area (Å²) in [5, 5.41) is 0.871. The normalized spacial score (nSPS) is 18.5. The van der Waals surface area contributed by atoms with Crippen molar-refractivity contribution in [3.8, 4) is 0 Å². The maximum Gasteiger partial charge on any atom is 0.188 e. The Morgan fingerprint density at radius 3 is 2.47 bits per heavy atom. The minimum Gasteiger partial charge on any atom is -0.327 e. The molecule has 94 valence electrons. The van der Waals surface area contributed by atoms with Gasteiger partial charge in [-0.1, -0.05) is 24.6 Å². The van der Waals surface area contributed by atoms with Gasteiger partial charge in [-0.2, -0.15) is 0 Å². The van der Waals surface area contributed by atoms with E-state index in [1.807, 2.05) is 19.9 Å². The second-order valence-corrected chi connectivity index (χ2v) is 5.94. The molecule has 0 aromatic carbocycles. The SMILES string of the molecule is Cc1cc(C)nc(SCC(N)C2CCCC2)n1. The van der Waals surface area contributed by atoms with Crippen LogP contribution in [0.2, 0.25) is 0 Å². The predicted molar refractivity (Wildman–Crippen MR) is 72.2 cm³/mol. The number of nitrogens with two attached hydrogens (primary N) is 1. The minimum absolute atomic E-state index is 0.298. The van der Waals surface area contributed by atoms with E-state index in [0.717, 1.165) is 22.3 Å². The van der Waals surface area contributed by atoms with Crippen LogP contribution in [0.3, 0.4) is 0 Å². The third-order valence-corrected chi connectivity index (χ3v) is 4.36. The van der Waals surface area contributed by atoms with Crippen LogP contribution >= 0.6 is 11.8 Å². The molecule has 0 amide bonds. The Bertz CT molecular complexity index is 355. The highest BCUT2D eigenvalue weighted by Gasteiger charge is 2.22. The molecule has 1 aliphatic rings. The zero-order valence-corrected chi connectivity index (χ0v) is 11.5. The number of nitrogens with zero attached hydrogens (tertiary/aromatic N) is 2. The lowest BCUT2D eigenvalue weighted by atomic mass is 10.0. The number of aromatic nitrogens is 2. The van der Waals surface area contributed by atoms with Crippen molar-refractivity contribution in [1.82, 2.24) is 9.97 Å². The lowest BCUT2D eigenvalue weighted by molar-refractivity contribution is 0.463. The third kappa shape index (κ3) is 3.68. The maximum absolute atomic E-state index is 6.23. The van der Waals surface area contributed by atoms with Gasteiger partial charge in [0.25, 0.3) is 0 Å². The van der Waals surface area contributed by atoms with Crippen molar-refractivity contribution in [2.24, 2.45) is 11.7 Å². The van der Waals surface area contributed by atoms with E-state index in [1.165, 1.54) is 25.7 Å². The van der Waals surface area contributed by atoms with E-state index in [0.29, 0.717) is 12.0 Å². The molecule has 1 aromatic rings. The fourth-order valence-electron chi connectivity index (χ4n) is 2.45. The molecule has 4 heteroatoms. The summed E-state index contributed by atoms with van der Waals surface area (Å²) < 4.78 is 0. The van der Waals surface area contributed by atoms with E-state index in [-0.39, 0.29) is 0 Å². The van der Waals surface area contributed by atoms with Crippen molar-refractivity contribution in [2.45, 2.75) is 50.7 Å². The van der Waals surface area contributed by atoms with Crippen molar-refractivity contribution in [2.75, 3.05) is 5.75 Å². The quantitative estimate of drug-likeness (QED) is 0.660. The maximum atomic E-state index is 6.23. The van der Waals surface area contributed by atoms with Gasteiger partial charge < -0.3 is 5.73 Å². The van der Waals surface area contributed by atoms with E-state index in [1.54, 1.807) is 11.8 Å². The van der Waals surface area contributed by atoms with Crippen LogP contribution in [0.25, 0.3) is 0 Å². The molecular formula is C13H21N3S. The van der Waals surface area contributed by atoms with E-state index < -0.39 is 0 Å². The first-order chi connectivity index (χ1) is 8.15. The first kappa shape index (κ1) is 12.8. The summed E-state index contributed by atoms with van der Waals surface area (Å²) in [7, 11) is 0. The molecule has 0 bridgehead atoms. The van der Waals surface area contributed by atoms with Crippen molar-refractivity contribution in [3.05, 3.63) is 17.5 Å². The molecule has 1 aromatic heterocycles. The van der Waals surface area contributed by atoms with E-state index in [2.05, 4.69) is 9.97 Å². The van der Waals surface area contributed by atoms with Crippen LogP contribution in [0, 0.1) is 19.8 Å². The molecule has 1 aliphatic carbocycles. The molecule has 1 heterocycles. The zero-order valence-electron chi connectivity index (χ0n) is 10.6. The first-order valence-electron chi connectivity index (χ1n) is 6.36. The highest BCUT2D eigenvalue weighted by molar-refractivity contribution is 7.99. The molecule has 0 aliphatic heterocycles. The third-order valence-electron chi connectivity index (χ3n) is 3.37. The molecule has 1 atom stereocenters. The summed E-state index contributed by atoms with van der Waals surface area (Å²) in [4.78, 5) is 8.86. The Balaban J connectivity index is 1.88. The second kappa shape index (κ2) is 5.83. The van der Waals surface area contributed by atoms with Gasteiger partial charge in [0.1, 0.15) is 0 Å². The van der Waals surface area contributed by atoms with Crippen molar-refractivity contribution < 1.29 is 0 Å². The fraction of sp³-hybridized carbons (Fsp3) is 0.692. The molecule has 17 heavy (non-hydrogen) atoms. The van der Waals surface area contributed by atoms with Gasteiger partial charge in [0.05, 0.1) is 0 Å². The molecule has 2 N–H and O–H groups in total. The Kier molecular flexibility index (Phi) is 4.40. The number of rotatable bonds is 4. The summed E-state index contributed by atoms with van der Waals surface area (Å²) in [6.45, 7) is 4.02. The van der Waals surface area contributed by atoms with Gasteiger partial charge in [0.2, 0.25) is 0 Å². The largest absolute Gasteiger partial charge is 0.327 e. The van der Waals surface area contributed by atoms with E-state index >= 15 is 0 Å². The average molecular weight is 251 g/mol. The van der Waals surface area contributed by atoms with Crippen LogP contribution in [0.15, 0.2) is 11.2 Å². The van der Waals surface area contributed by atoms with Crippen LogP contribution in [-0.2, 0) is 0 Å². The van der Waals surface area contributed by atoms with Crippen LogP contribution in [0.1, 0.15) is 37.1 Å². The number of hydrogen-bond acceptors (Lipinski definition) is 4. The molecule has 0 saturated heterocycles. The Morgan fingerprint density at radius 2 is 1.88 bits per heavy atom. The molecule has 1 saturated carbocycles. The molecule has 1 unspecified atom stereocenters. The summed E-state index contributed by atoms with van der Waals surface area (Å²) in [5.74, 6) is 1.65.